The summed E-state index contributed by atoms with van der Waals surface area (Å²) in [6.07, 6.45) is -4.43. The second kappa shape index (κ2) is 6.21. The standard InChI is InChI=1S/C12H13F3N2O2/c1-8(18)9-3-2-4-10(5-9)16-6-11(19)17-7-12(13,14)15/h2-5,16H,6-7H2,1H3,(H,17,19). The number of carbonyl (C=O) groups is 2. The van der Waals surface area contributed by atoms with E-state index in [-0.39, 0.29) is 12.3 Å². The van der Waals surface area contributed by atoms with Gasteiger partial charge in [0.2, 0.25) is 5.91 Å². The minimum absolute atomic E-state index is 0.134. The van der Waals surface area contributed by atoms with E-state index >= 15 is 0 Å². The van der Waals surface area contributed by atoms with E-state index in [0.717, 1.165) is 0 Å². The fraction of sp³-hybridized carbons (Fsp3) is 0.333. The van der Waals surface area contributed by atoms with Gasteiger partial charge in [0.15, 0.2) is 5.78 Å². The van der Waals surface area contributed by atoms with Crippen molar-refractivity contribution in [3.8, 4) is 0 Å². The van der Waals surface area contributed by atoms with Gasteiger partial charge in [0.05, 0.1) is 6.54 Å². The summed E-state index contributed by atoms with van der Waals surface area (Å²) >= 11 is 0. The second-order valence-electron chi connectivity index (χ2n) is 3.88. The van der Waals surface area contributed by atoms with Crippen molar-refractivity contribution in [1.29, 1.82) is 0 Å². The van der Waals surface area contributed by atoms with Crippen LogP contribution in [-0.2, 0) is 4.79 Å². The molecule has 1 aromatic rings. The van der Waals surface area contributed by atoms with E-state index in [1.165, 1.54) is 13.0 Å². The van der Waals surface area contributed by atoms with Crippen LogP contribution in [0.4, 0.5) is 18.9 Å². The Hall–Kier alpha value is -2.05. The molecule has 0 heterocycles. The molecule has 19 heavy (non-hydrogen) atoms. The molecule has 4 nitrogen and oxygen atoms in total. The molecule has 1 aromatic carbocycles. The topological polar surface area (TPSA) is 58.2 Å². The van der Waals surface area contributed by atoms with Gasteiger partial charge in [-0.05, 0) is 19.1 Å². The summed E-state index contributed by atoms with van der Waals surface area (Å²) in [5.41, 5.74) is 0.954. The van der Waals surface area contributed by atoms with Gasteiger partial charge in [-0.15, -0.1) is 0 Å². The van der Waals surface area contributed by atoms with Crippen molar-refractivity contribution in [1.82, 2.24) is 5.32 Å². The van der Waals surface area contributed by atoms with Crippen molar-refractivity contribution in [2.75, 3.05) is 18.4 Å². The predicted octanol–water partition coefficient (Wildman–Crippen LogP) is 1.98. The van der Waals surface area contributed by atoms with E-state index in [1.807, 2.05) is 0 Å². The molecule has 0 aliphatic carbocycles. The van der Waals surface area contributed by atoms with Crippen molar-refractivity contribution in [2.45, 2.75) is 13.1 Å². The smallest absolute Gasteiger partial charge is 0.376 e. The Morgan fingerprint density at radius 2 is 1.95 bits per heavy atom. The summed E-state index contributed by atoms with van der Waals surface area (Å²) < 4.78 is 35.5. The normalized spacial score (nSPS) is 10.9. The van der Waals surface area contributed by atoms with Crippen molar-refractivity contribution in [3.05, 3.63) is 29.8 Å². The zero-order valence-electron chi connectivity index (χ0n) is 10.2. The predicted molar refractivity (Wildman–Crippen MR) is 64.0 cm³/mol. The third-order valence-electron chi connectivity index (χ3n) is 2.21. The monoisotopic (exact) mass is 274 g/mol. The molecule has 0 aliphatic rings. The number of anilines is 1. The summed E-state index contributed by atoms with van der Waals surface area (Å²) in [5.74, 6) is -0.907. The maximum Gasteiger partial charge on any atom is 0.405 e. The summed E-state index contributed by atoms with van der Waals surface area (Å²) in [7, 11) is 0. The van der Waals surface area contributed by atoms with Gasteiger partial charge in [-0.3, -0.25) is 9.59 Å². The van der Waals surface area contributed by atoms with Crippen molar-refractivity contribution >= 4 is 17.4 Å². The molecule has 0 saturated heterocycles. The average molecular weight is 274 g/mol. The molecule has 1 rings (SSSR count). The lowest BCUT2D eigenvalue weighted by Gasteiger charge is -2.10. The Labute approximate surface area is 108 Å². The number of benzene rings is 1. The van der Waals surface area contributed by atoms with Crippen LogP contribution in [0.25, 0.3) is 0 Å². The van der Waals surface area contributed by atoms with E-state index in [2.05, 4.69) is 5.32 Å². The van der Waals surface area contributed by atoms with Crippen LogP contribution >= 0.6 is 0 Å². The molecule has 0 aromatic heterocycles. The first-order chi connectivity index (χ1) is 8.78. The third-order valence-corrected chi connectivity index (χ3v) is 2.21. The maximum atomic E-state index is 11.8. The van der Waals surface area contributed by atoms with Crippen LogP contribution in [0.3, 0.4) is 0 Å². The van der Waals surface area contributed by atoms with Crippen molar-refractivity contribution in [3.63, 3.8) is 0 Å². The molecule has 0 bridgehead atoms. The van der Waals surface area contributed by atoms with Crippen LogP contribution in [-0.4, -0.2) is 31.0 Å². The average Bonchev–Trinajstić information content (AvgIpc) is 2.33. The fourth-order valence-electron chi connectivity index (χ4n) is 1.29. The lowest BCUT2D eigenvalue weighted by atomic mass is 10.1. The zero-order chi connectivity index (χ0) is 14.5. The number of halogens is 3. The largest absolute Gasteiger partial charge is 0.405 e. The number of amides is 1. The molecule has 0 spiro atoms. The SMILES string of the molecule is CC(=O)c1cccc(NCC(=O)NCC(F)(F)F)c1. The van der Waals surface area contributed by atoms with Crippen LogP contribution < -0.4 is 10.6 Å². The summed E-state index contributed by atoms with van der Waals surface area (Å²) in [6.45, 7) is -0.256. The minimum Gasteiger partial charge on any atom is -0.376 e. The second-order valence-corrected chi connectivity index (χ2v) is 3.88. The summed E-state index contributed by atoms with van der Waals surface area (Å²) in [4.78, 5) is 22.3. The van der Waals surface area contributed by atoms with Gasteiger partial charge in [0.25, 0.3) is 0 Å². The number of hydrogen-bond donors (Lipinski definition) is 2. The lowest BCUT2D eigenvalue weighted by Crippen LogP contribution is -2.37. The molecular formula is C12H13F3N2O2. The molecule has 0 unspecified atom stereocenters. The number of ketones is 1. The molecular weight excluding hydrogens is 261 g/mol. The van der Waals surface area contributed by atoms with Gasteiger partial charge < -0.3 is 10.6 Å². The molecule has 0 aliphatic heterocycles. The lowest BCUT2D eigenvalue weighted by molar-refractivity contribution is -0.137. The van der Waals surface area contributed by atoms with Crippen LogP contribution in [0.5, 0.6) is 0 Å². The number of alkyl halides is 3. The molecule has 7 heteroatoms. The van der Waals surface area contributed by atoms with Gasteiger partial charge >= 0.3 is 6.18 Å². The quantitative estimate of drug-likeness (QED) is 0.807. The van der Waals surface area contributed by atoms with Gasteiger partial charge in [-0.1, -0.05) is 12.1 Å². The van der Waals surface area contributed by atoms with Crippen molar-refractivity contribution in [2.24, 2.45) is 0 Å². The first-order valence-electron chi connectivity index (χ1n) is 5.46. The number of hydrogen-bond acceptors (Lipinski definition) is 3. The van der Waals surface area contributed by atoms with Gasteiger partial charge in [-0.25, -0.2) is 0 Å². The highest BCUT2D eigenvalue weighted by Crippen LogP contribution is 2.12. The zero-order valence-corrected chi connectivity index (χ0v) is 10.2. The third kappa shape index (κ3) is 5.89. The number of nitrogens with one attached hydrogen (secondary N) is 2. The molecule has 0 atom stereocenters. The molecule has 1 amide bonds. The molecule has 0 saturated carbocycles. The van der Waals surface area contributed by atoms with E-state index < -0.39 is 18.6 Å². The Balaban J connectivity index is 2.46. The summed E-state index contributed by atoms with van der Waals surface area (Å²) in [6, 6.07) is 6.37. The first-order valence-corrected chi connectivity index (χ1v) is 5.46. The minimum atomic E-state index is -4.43. The molecule has 104 valence electrons. The number of rotatable bonds is 5. The van der Waals surface area contributed by atoms with Gasteiger partial charge in [-0.2, -0.15) is 13.2 Å². The highest BCUT2D eigenvalue weighted by Gasteiger charge is 2.27. The van der Waals surface area contributed by atoms with Gasteiger partial charge in [0.1, 0.15) is 6.54 Å². The van der Waals surface area contributed by atoms with Crippen LogP contribution in [0.1, 0.15) is 17.3 Å². The van der Waals surface area contributed by atoms with E-state index in [0.29, 0.717) is 11.3 Å². The fourth-order valence-corrected chi connectivity index (χ4v) is 1.29. The Morgan fingerprint density at radius 3 is 2.53 bits per heavy atom. The Kier molecular flexibility index (Phi) is 4.91. The number of carbonyl (C=O) groups excluding carboxylic acids is 2. The van der Waals surface area contributed by atoms with Crippen LogP contribution in [0.15, 0.2) is 24.3 Å². The molecule has 2 N–H and O–H groups in total. The molecule has 0 radical (unpaired) electrons. The maximum absolute atomic E-state index is 11.8. The van der Waals surface area contributed by atoms with Gasteiger partial charge in [0, 0.05) is 11.3 Å². The van der Waals surface area contributed by atoms with Crippen molar-refractivity contribution < 1.29 is 22.8 Å². The van der Waals surface area contributed by atoms with E-state index in [1.54, 1.807) is 23.5 Å². The Morgan fingerprint density at radius 1 is 1.26 bits per heavy atom. The summed E-state index contributed by atoms with van der Waals surface area (Å²) in [5, 5.41) is 4.38. The van der Waals surface area contributed by atoms with E-state index in [4.69, 9.17) is 0 Å². The highest BCUT2D eigenvalue weighted by molar-refractivity contribution is 5.95. The molecule has 0 fully saturated rings. The van der Waals surface area contributed by atoms with Crippen LogP contribution in [0, 0.1) is 0 Å². The van der Waals surface area contributed by atoms with E-state index in [9.17, 15) is 22.8 Å². The highest BCUT2D eigenvalue weighted by atomic mass is 19.4. The van der Waals surface area contributed by atoms with Crippen LogP contribution in [0.2, 0.25) is 0 Å². The Bertz CT molecular complexity index is 472. The first kappa shape index (κ1) is 15.0. The number of Topliss-reactive ketones (excluding diaryl/α,β-unsaturated/α-hetero) is 1.